The van der Waals surface area contributed by atoms with E-state index < -0.39 is 0 Å². The average molecular weight is 288 g/mol. The van der Waals surface area contributed by atoms with Crippen LogP contribution in [0, 0.1) is 0 Å². The number of nitrogens with zero attached hydrogens (tertiary/aromatic N) is 3. The van der Waals surface area contributed by atoms with Crippen molar-refractivity contribution in [2.75, 3.05) is 38.5 Å². The topological polar surface area (TPSA) is 59.5 Å². The Hall–Kier alpha value is -2.50. The highest BCUT2D eigenvalue weighted by Gasteiger charge is 2.13. The van der Waals surface area contributed by atoms with Crippen LogP contribution in [0.3, 0.4) is 0 Å². The molecule has 6 heteroatoms. The Kier molecular flexibility index (Phi) is 4.81. The van der Waals surface area contributed by atoms with E-state index in [2.05, 4.69) is 26.3 Å². The second-order valence-corrected chi connectivity index (χ2v) is 4.64. The number of aromatic nitrogens is 2. The Morgan fingerprint density at radius 2 is 1.67 bits per heavy atom. The minimum absolute atomic E-state index is 0.511. The quantitative estimate of drug-likeness (QED) is 0.879. The third-order valence-corrected chi connectivity index (χ3v) is 3.09. The minimum Gasteiger partial charge on any atom is -0.481 e. The molecule has 6 nitrogen and oxygen atoms in total. The SMILES string of the molecule is COc1ncnc(OC)c1CNc1ccccc1N(C)C. The summed E-state index contributed by atoms with van der Waals surface area (Å²) >= 11 is 0. The first-order valence-corrected chi connectivity index (χ1v) is 6.59. The predicted molar refractivity (Wildman–Crippen MR) is 83.2 cm³/mol. The van der Waals surface area contributed by atoms with Gasteiger partial charge in [0, 0.05) is 14.1 Å². The van der Waals surface area contributed by atoms with E-state index in [0.29, 0.717) is 18.3 Å². The molecule has 0 aliphatic carbocycles. The predicted octanol–water partition coefficient (Wildman–Crippen LogP) is 2.17. The number of anilines is 2. The van der Waals surface area contributed by atoms with Crippen molar-refractivity contribution in [3.63, 3.8) is 0 Å². The van der Waals surface area contributed by atoms with Crippen molar-refractivity contribution in [2.24, 2.45) is 0 Å². The molecule has 1 heterocycles. The molecule has 0 atom stereocenters. The number of nitrogens with one attached hydrogen (secondary N) is 1. The second kappa shape index (κ2) is 6.78. The molecule has 2 rings (SSSR count). The lowest BCUT2D eigenvalue weighted by molar-refractivity contribution is 0.363. The van der Waals surface area contributed by atoms with Crippen LogP contribution in [0.5, 0.6) is 11.8 Å². The van der Waals surface area contributed by atoms with Crippen LogP contribution in [0.15, 0.2) is 30.6 Å². The summed E-state index contributed by atoms with van der Waals surface area (Å²) in [5.74, 6) is 1.02. The Morgan fingerprint density at radius 1 is 1.05 bits per heavy atom. The largest absolute Gasteiger partial charge is 0.481 e. The molecule has 1 aromatic carbocycles. The van der Waals surface area contributed by atoms with E-state index >= 15 is 0 Å². The molecular weight excluding hydrogens is 268 g/mol. The van der Waals surface area contributed by atoms with Gasteiger partial charge in [0.05, 0.1) is 37.7 Å². The zero-order chi connectivity index (χ0) is 15.2. The van der Waals surface area contributed by atoms with E-state index in [-0.39, 0.29) is 0 Å². The number of benzene rings is 1. The third kappa shape index (κ3) is 3.34. The first kappa shape index (κ1) is 14.9. The maximum atomic E-state index is 5.27. The first-order valence-electron chi connectivity index (χ1n) is 6.59. The van der Waals surface area contributed by atoms with Crippen LogP contribution in [0.2, 0.25) is 0 Å². The van der Waals surface area contributed by atoms with Gasteiger partial charge >= 0.3 is 0 Å². The third-order valence-electron chi connectivity index (χ3n) is 3.09. The summed E-state index contributed by atoms with van der Waals surface area (Å²) in [5.41, 5.74) is 2.92. The van der Waals surface area contributed by atoms with E-state index in [0.717, 1.165) is 16.9 Å². The van der Waals surface area contributed by atoms with Gasteiger partial charge in [0.25, 0.3) is 0 Å². The van der Waals surface area contributed by atoms with Crippen LogP contribution in [0.25, 0.3) is 0 Å². The van der Waals surface area contributed by atoms with E-state index in [1.165, 1.54) is 6.33 Å². The van der Waals surface area contributed by atoms with Gasteiger partial charge in [0.15, 0.2) is 0 Å². The molecule has 0 saturated carbocycles. The van der Waals surface area contributed by atoms with E-state index in [1.54, 1.807) is 14.2 Å². The molecule has 0 spiro atoms. The summed E-state index contributed by atoms with van der Waals surface area (Å²) < 4.78 is 10.5. The molecule has 0 aliphatic rings. The van der Waals surface area contributed by atoms with Crippen LogP contribution in [0.1, 0.15) is 5.56 Å². The van der Waals surface area contributed by atoms with Gasteiger partial charge in [-0.05, 0) is 12.1 Å². The molecular formula is C15H20N4O2. The molecule has 0 unspecified atom stereocenters. The molecule has 0 saturated heterocycles. The standard InChI is InChI=1S/C15H20N4O2/c1-19(2)13-8-6-5-7-12(13)16-9-11-14(20-3)17-10-18-15(11)21-4/h5-8,10,16H,9H2,1-4H3. The second-order valence-electron chi connectivity index (χ2n) is 4.64. The minimum atomic E-state index is 0.511. The highest BCUT2D eigenvalue weighted by Crippen LogP contribution is 2.28. The smallest absolute Gasteiger partial charge is 0.225 e. The van der Waals surface area contributed by atoms with Crippen LogP contribution in [0.4, 0.5) is 11.4 Å². The Bertz CT molecular complexity index is 580. The van der Waals surface area contributed by atoms with Gasteiger partial charge in [-0.15, -0.1) is 0 Å². The van der Waals surface area contributed by atoms with Crippen molar-refractivity contribution < 1.29 is 9.47 Å². The zero-order valence-electron chi connectivity index (χ0n) is 12.8. The fourth-order valence-corrected chi connectivity index (χ4v) is 2.08. The van der Waals surface area contributed by atoms with Gasteiger partial charge in [0.1, 0.15) is 6.33 Å². The molecule has 0 bridgehead atoms. The van der Waals surface area contributed by atoms with Crippen molar-refractivity contribution in [3.05, 3.63) is 36.2 Å². The Balaban J connectivity index is 2.24. The summed E-state index contributed by atoms with van der Waals surface area (Å²) in [4.78, 5) is 10.3. The molecule has 0 fully saturated rings. The highest BCUT2D eigenvalue weighted by molar-refractivity contribution is 5.69. The van der Waals surface area contributed by atoms with Gasteiger partial charge in [-0.2, -0.15) is 0 Å². The Morgan fingerprint density at radius 3 is 2.24 bits per heavy atom. The number of hydrogen-bond acceptors (Lipinski definition) is 6. The fourth-order valence-electron chi connectivity index (χ4n) is 2.08. The zero-order valence-corrected chi connectivity index (χ0v) is 12.8. The van der Waals surface area contributed by atoms with Crippen molar-refractivity contribution in [1.29, 1.82) is 0 Å². The average Bonchev–Trinajstić information content (AvgIpc) is 2.52. The van der Waals surface area contributed by atoms with Crippen molar-refractivity contribution in [2.45, 2.75) is 6.54 Å². The molecule has 0 aliphatic heterocycles. The molecule has 0 radical (unpaired) electrons. The maximum absolute atomic E-state index is 5.27. The van der Waals surface area contributed by atoms with E-state index in [1.807, 2.05) is 32.3 Å². The lowest BCUT2D eigenvalue weighted by Gasteiger charge is -2.19. The number of methoxy groups -OCH3 is 2. The molecule has 1 aromatic heterocycles. The molecule has 21 heavy (non-hydrogen) atoms. The normalized spacial score (nSPS) is 10.1. The number of para-hydroxylation sites is 2. The first-order chi connectivity index (χ1) is 10.2. The van der Waals surface area contributed by atoms with Crippen molar-refractivity contribution in [1.82, 2.24) is 9.97 Å². The summed E-state index contributed by atoms with van der Waals surface area (Å²) in [7, 11) is 7.18. The van der Waals surface area contributed by atoms with Crippen molar-refractivity contribution in [3.8, 4) is 11.8 Å². The number of hydrogen-bond donors (Lipinski definition) is 1. The lowest BCUT2D eigenvalue weighted by Crippen LogP contribution is -2.13. The summed E-state index contributed by atoms with van der Waals surface area (Å²) in [6.45, 7) is 0.512. The van der Waals surface area contributed by atoms with Gasteiger partial charge in [-0.25, -0.2) is 9.97 Å². The molecule has 0 amide bonds. The molecule has 112 valence electrons. The summed E-state index contributed by atoms with van der Waals surface area (Å²) in [6.07, 6.45) is 1.43. The van der Waals surface area contributed by atoms with Crippen molar-refractivity contribution >= 4 is 11.4 Å². The van der Waals surface area contributed by atoms with E-state index in [4.69, 9.17) is 9.47 Å². The summed E-state index contributed by atoms with van der Waals surface area (Å²) in [5, 5.41) is 3.38. The van der Waals surface area contributed by atoms with E-state index in [9.17, 15) is 0 Å². The monoisotopic (exact) mass is 288 g/mol. The van der Waals surface area contributed by atoms with Gasteiger partial charge in [-0.3, -0.25) is 0 Å². The van der Waals surface area contributed by atoms with Crippen LogP contribution in [-0.4, -0.2) is 38.3 Å². The molecule has 1 N–H and O–H groups in total. The maximum Gasteiger partial charge on any atom is 0.225 e. The van der Waals surface area contributed by atoms with Gasteiger partial charge in [-0.1, -0.05) is 12.1 Å². The van der Waals surface area contributed by atoms with Gasteiger partial charge in [0.2, 0.25) is 11.8 Å². The number of ether oxygens (including phenoxy) is 2. The summed E-state index contributed by atoms with van der Waals surface area (Å²) in [6, 6.07) is 8.08. The van der Waals surface area contributed by atoms with Crippen LogP contribution >= 0.6 is 0 Å². The Labute approximate surface area is 124 Å². The van der Waals surface area contributed by atoms with Gasteiger partial charge < -0.3 is 19.7 Å². The number of rotatable bonds is 6. The lowest BCUT2D eigenvalue weighted by atomic mass is 10.2. The van der Waals surface area contributed by atoms with Crippen LogP contribution in [-0.2, 0) is 6.54 Å². The fraction of sp³-hybridized carbons (Fsp3) is 0.333. The highest BCUT2D eigenvalue weighted by atomic mass is 16.5. The van der Waals surface area contributed by atoms with Crippen LogP contribution < -0.4 is 19.7 Å². The molecule has 2 aromatic rings.